The summed E-state index contributed by atoms with van der Waals surface area (Å²) < 4.78 is 0. The molecule has 1 amide bonds. The second-order valence-electron chi connectivity index (χ2n) is 5.27. The fourth-order valence-corrected chi connectivity index (χ4v) is 2.43. The highest BCUT2D eigenvalue weighted by molar-refractivity contribution is 5.90. The summed E-state index contributed by atoms with van der Waals surface area (Å²) in [6, 6.07) is 18.1. The number of hydrogen-bond acceptors (Lipinski definition) is 3. The van der Waals surface area contributed by atoms with Crippen molar-refractivity contribution in [2.75, 3.05) is 27.2 Å². The number of nitrogens with one attached hydrogen (secondary N) is 1. The van der Waals surface area contributed by atoms with Crippen LogP contribution in [0.4, 0.5) is 0 Å². The lowest BCUT2D eigenvalue weighted by atomic mass is 9.85. The molecule has 0 radical (unpaired) electrons. The van der Waals surface area contributed by atoms with Crippen LogP contribution in [0.5, 0.6) is 0 Å². The van der Waals surface area contributed by atoms with E-state index in [4.69, 9.17) is 0 Å². The van der Waals surface area contributed by atoms with Crippen LogP contribution < -0.4 is 5.32 Å². The quantitative estimate of drug-likeness (QED) is 0.852. The molecule has 0 atom stereocenters. The monoisotopic (exact) mass is 298 g/mol. The van der Waals surface area contributed by atoms with Gasteiger partial charge in [0.15, 0.2) is 5.60 Å². The molecule has 2 aromatic carbocycles. The molecule has 0 fully saturated rings. The van der Waals surface area contributed by atoms with Gasteiger partial charge in [0.05, 0.1) is 0 Å². The van der Waals surface area contributed by atoms with E-state index in [1.807, 2.05) is 43.4 Å². The number of carbonyl (C=O) groups excluding carboxylic acids is 1. The molecule has 0 spiro atoms. The van der Waals surface area contributed by atoms with Crippen LogP contribution in [0, 0.1) is 0 Å². The molecule has 2 aromatic rings. The smallest absolute Gasteiger partial charge is 0.263 e. The van der Waals surface area contributed by atoms with Crippen molar-refractivity contribution in [2.24, 2.45) is 0 Å². The van der Waals surface area contributed by atoms with Crippen molar-refractivity contribution >= 4 is 5.91 Å². The summed E-state index contributed by atoms with van der Waals surface area (Å²) in [6.45, 7) is 1.19. The van der Waals surface area contributed by atoms with Gasteiger partial charge in [0, 0.05) is 20.1 Å². The van der Waals surface area contributed by atoms with Crippen LogP contribution in [-0.2, 0) is 10.4 Å². The zero-order valence-corrected chi connectivity index (χ0v) is 13.0. The number of aliphatic hydroxyl groups is 1. The van der Waals surface area contributed by atoms with Crippen LogP contribution in [0.25, 0.3) is 0 Å². The Labute approximate surface area is 131 Å². The van der Waals surface area contributed by atoms with Crippen molar-refractivity contribution in [2.45, 2.75) is 5.60 Å². The Bertz CT molecular complexity index is 559. The van der Waals surface area contributed by atoms with E-state index in [9.17, 15) is 9.90 Å². The molecule has 2 rings (SSSR count). The largest absolute Gasteiger partial charge is 0.372 e. The van der Waals surface area contributed by atoms with E-state index in [1.54, 1.807) is 36.2 Å². The molecule has 0 saturated heterocycles. The van der Waals surface area contributed by atoms with Gasteiger partial charge in [-0.15, -0.1) is 0 Å². The Morgan fingerprint density at radius 1 is 1.05 bits per heavy atom. The second kappa shape index (κ2) is 7.20. The summed E-state index contributed by atoms with van der Waals surface area (Å²) in [4.78, 5) is 14.5. The van der Waals surface area contributed by atoms with Gasteiger partial charge in [0.2, 0.25) is 0 Å². The normalized spacial score (nSPS) is 11.2. The second-order valence-corrected chi connectivity index (χ2v) is 5.27. The lowest BCUT2D eigenvalue weighted by molar-refractivity contribution is -0.146. The Hall–Kier alpha value is -2.17. The third-order valence-corrected chi connectivity index (χ3v) is 3.74. The van der Waals surface area contributed by atoms with Gasteiger partial charge in [-0.05, 0) is 18.2 Å². The fraction of sp³-hybridized carbons (Fsp3) is 0.278. The predicted octanol–water partition coefficient (Wildman–Crippen LogP) is 1.60. The van der Waals surface area contributed by atoms with Crippen molar-refractivity contribution in [1.29, 1.82) is 0 Å². The molecule has 0 aliphatic rings. The number of nitrogens with zero attached hydrogens (tertiary/aromatic N) is 1. The predicted molar refractivity (Wildman–Crippen MR) is 87.4 cm³/mol. The Kier molecular flexibility index (Phi) is 5.31. The zero-order chi connectivity index (χ0) is 16.0. The number of benzene rings is 2. The first-order valence-corrected chi connectivity index (χ1v) is 7.34. The van der Waals surface area contributed by atoms with E-state index >= 15 is 0 Å². The highest BCUT2D eigenvalue weighted by atomic mass is 16.3. The van der Waals surface area contributed by atoms with Gasteiger partial charge >= 0.3 is 0 Å². The molecule has 4 heteroatoms. The summed E-state index contributed by atoms with van der Waals surface area (Å²) in [7, 11) is 3.54. The van der Waals surface area contributed by atoms with Gasteiger partial charge in [0.25, 0.3) is 5.91 Å². The molecule has 116 valence electrons. The number of likely N-dealkylation sites (N-methyl/N-ethyl adjacent to an activating group) is 2. The summed E-state index contributed by atoms with van der Waals surface area (Å²) in [6.07, 6.45) is 0. The van der Waals surface area contributed by atoms with E-state index < -0.39 is 5.60 Å². The number of carbonyl (C=O) groups is 1. The van der Waals surface area contributed by atoms with Crippen LogP contribution in [0.1, 0.15) is 11.1 Å². The van der Waals surface area contributed by atoms with Gasteiger partial charge < -0.3 is 15.3 Å². The molecule has 0 aliphatic carbocycles. The van der Waals surface area contributed by atoms with Crippen molar-refractivity contribution in [3.8, 4) is 0 Å². The maximum absolute atomic E-state index is 12.9. The number of rotatable bonds is 6. The minimum Gasteiger partial charge on any atom is -0.372 e. The van der Waals surface area contributed by atoms with Crippen molar-refractivity contribution < 1.29 is 9.90 Å². The summed E-state index contributed by atoms with van der Waals surface area (Å²) in [5.41, 5.74) is -0.532. The van der Waals surface area contributed by atoms with E-state index in [0.29, 0.717) is 24.2 Å². The molecule has 4 nitrogen and oxygen atoms in total. The highest BCUT2D eigenvalue weighted by Crippen LogP contribution is 2.31. The fourth-order valence-electron chi connectivity index (χ4n) is 2.43. The summed E-state index contributed by atoms with van der Waals surface area (Å²) in [5.74, 6) is -0.333. The van der Waals surface area contributed by atoms with Crippen molar-refractivity contribution in [3.05, 3.63) is 71.8 Å². The first-order chi connectivity index (χ1) is 10.6. The lowest BCUT2D eigenvalue weighted by Gasteiger charge is -2.32. The maximum atomic E-state index is 12.9. The number of amides is 1. The van der Waals surface area contributed by atoms with E-state index in [-0.39, 0.29) is 5.91 Å². The molecule has 0 unspecified atom stereocenters. The number of hydrogen-bond donors (Lipinski definition) is 2. The van der Waals surface area contributed by atoms with Crippen LogP contribution in [0.15, 0.2) is 60.7 Å². The third kappa shape index (κ3) is 3.18. The van der Waals surface area contributed by atoms with Gasteiger partial charge in [-0.2, -0.15) is 0 Å². The first-order valence-electron chi connectivity index (χ1n) is 7.34. The van der Waals surface area contributed by atoms with Gasteiger partial charge in [-0.25, -0.2) is 0 Å². The Morgan fingerprint density at radius 3 is 1.91 bits per heavy atom. The zero-order valence-electron chi connectivity index (χ0n) is 13.0. The van der Waals surface area contributed by atoms with E-state index in [2.05, 4.69) is 5.32 Å². The van der Waals surface area contributed by atoms with Crippen LogP contribution in [-0.4, -0.2) is 43.1 Å². The molecule has 0 saturated carbocycles. The van der Waals surface area contributed by atoms with Crippen LogP contribution in [0.3, 0.4) is 0 Å². The van der Waals surface area contributed by atoms with E-state index in [1.165, 1.54) is 0 Å². The Balaban J connectivity index is 2.45. The highest BCUT2D eigenvalue weighted by Gasteiger charge is 2.41. The molecule has 0 bridgehead atoms. The van der Waals surface area contributed by atoms with Crippen LogP contribution in [0.2, 0.25) is 0 Å². The summed E-state index contributed by atoms with van der Waals surface area (Å²) >= 11 is 0. The van der Waals surface area contributed by atoms with Crippen LogP contribution >= 0.6 is 0 Å². The molecule has 0 aromatic heterocycles. The molecule has 0 heterocycles. The average molecular weight is 298 g/mol. The molecule has 2 N–H and O–H groups in total. The van der Waals surface area contributed by atoms with Gasteiger partial charge in [-0.3, -0.25) is 4.79 Å². The minimum atomic E-state index is -1.68. The minimum absolute atomic E-state index is 0.333. The maximum Gasteiger partial charge on any atom is 0.263 e. The average Bonchev–Trinajstić information content (AvgIpc) is 2.59. The lowest BCUT2D eigenvalue weighted by Crippen LogP contribution is -2.47. The summed E-state index contributed by atoms with van der Waals surface area (Å²) in [5, 5.41) is 14.3. The van der Waals surface area contributed by atoms with Crippen molar-refractivity contribution in [1.82, 2.24) is 10.2 Å². The van der Waals surface area contributed by atoms with E-state index in [0.717, 1.165) is 0 Å². The van der Waals surface area contributed by atoms with Crippen molar-refractivity contribution in [3.63, 3.8) is 0 Å². The Morgan fingerprint density at radius 2 is 1.50 bits per heavy atom. The third-order valence-electron chi connectivity index (χ3n) is 3.74. The molecular formula is C18H22N2O2. The first kappa shape index (κ1) is 16.2. The standard InChI is InChI=1S/C18H22N2O2/c1-19-13-14-20(2)17(21)18(22,15-9-5-3-6-10-15)16-11-7-4-8-12-16/h3-12,19,22H,13-14H2,1-2H3. The molecule has 0 aliphatic heterocycles. The molecule has 22 heavy (non-hydrogen) atoms. The SMILES string of the molecule is CNCCN(C)C(=O)C(O)(c1ccccc1)c1ccccc1. The van der Waals surface area contributed by atoms with Gasteiger partial charge in [0.1, 0.15) is 0 Å². The molecular weight excluding hydrogens is 276 g/mol. The van der Waals surface area contributed by atoms with Gasteiger partial charge in [-0.1, -0.05) is 60.7 Å². The topological polar surface area (TPSA) is 52.6 Å².